The largest absolute Gasteiger partial charge is 0.378 e. The maximum absolute atomic E-state index is 5.10. The van der Waals surface area contributed by atoms with E-state index in [1.165, 1.54) is 0 Å². The van der Waals surface area contributed by atoms with Crippen LogP contribution < -0.4 is 5.32 Å². The zero-order valence-electron chi connectivity index (χ0n) is 10.8. The highest BCUT2D eigenvalue weighted by Crippen LogP contribution is 2.17. The van der Waals surface area contributed by atoms with Gasteiger partial charge in [0.05, 0.1) is 12.3 Å². The highest BCUT2D eigenvalue weighted by atomic mass is 16.5. The average Bonchev–Trinajstić information content (AvgIpc) is 2.39. The molecule has 0 atom stereocenters. The number of methoxy groups -OCH3 is 1. The van der Waals surface area contributed by atoms with Crippen molar-refractivity contribution in [1.29, 1.82) is 0 Å². The molecule has 0 aromatic carbocycles. The van der Waals surface area contributed by atoms with E-state index in [0.29, 0.717) is 12.4 Å². The average molecular weight is 244 g/mol. The van der Waals surface area contributed by atoms with Gasteiger partial charge in [0.2, 0.25) is 0 Å². The number of pyridine rings is 1. The molecule has 2 aromatic heterocycles. The lowest BCUT2D eigenvalue weighted by Gasteiger charge is -2.07. The van der Waals surface area contributed by atoms with Crippen molar-refractivity contribution in [2.45, 2.75) is 13.5 Å². The fraction of sp³-hybridized carbons (Fsp3) is 0.308. The van der Waals surface area contributed by atoms with Crippen LogP contribution in [0.1, 0.15) is 11.3 Å². The van der Waals surface area contributed by atoms with E-state index in [2.05, 4.69) is 20.3 Å². The molecule has 0 aliphatic rings. The molecule has 2 rings (SSSR count). The van der Waals surface area contributed by atoms with Crippen LogP contribution in [0.15, 0.2) is 24.4 Å². The molecule has 2 aromatic rings. The molecule has 18 heavy (non-hydrogen) atoms. The van der Waals surface area contributed by atoms with Gasteiger partial charge in [-0.2, -0.15) is 0 Å². The van der Waals surface area contributed by atoms with Crippen molar-refractivity contribution in [3.63, 3.8) is 0 Å². The summed E-state index contributed by atoms with van der Waals surface area (Å²) in [6.07, 6.45) is 1.76. The molecule has 0 spiro atoms. The molecule has 0 bridgehead atoms. The normalized spacial score (nSPS) is 10.4. The van der Waals surface area contributed by atoms with Gasteiger partial charge in [0, 0.05) is 26.4 Å². The number of ether oxygens (including phenoxy) is 1. The fourth-order valence-electron chi connectivity index (χ4n) is 1.62. The molecular weight excluding hydrogens is 228 g/mol. The fourth-order valence-corrected chi connectivity index (χ4v) is 1.62. The molecule has 2 heterocycles. The Kier molecular flexibility index (Phi) is 3.84. The Bertz CT molecular complexity index is 542. The van der Waals surface area contributed by atoms with E-state index in [-0.39, 0.29) is 0 Å². The third-order valence-corrected chi connectivity index (χ3v) is 2.47. The van der Waals surface area contributed by atoms with E-state index in [9.17, 15) is 0 Å². The first-order valence-corrected chi connectivity index (χ1v) is 5.70. The summed E-state index contributed by atoms with van der Waals surface area (Å²) in [5, 5.41) is 3.02. The van der Waals surface area contributed by atoms with Crippen LogP contribution in [0, 0.1) is 6.92 Å². The highest BCUT2D eigenvalue weighted by molar-refractivity contribution is 5.53. The van der Waals surface area contributed by atoms with Crippen LogP contribution in [-0.2, 0) is 11.3 Å². The molecule has 0 amide bonds. The Morgan fingerprint density at radius 1 is 1.28 bits per heavy atom. The van der Waals surface area contributed by atoms with E-state index in [1.807, 2.05) is 32.2 Å². The van der Waals surface area contributed by atoms with Gasteiger partial charge in [0.25, 0.3) is 0 Å². The zero-order chi connectivity index (χ0) is 13.0. The Morgan fingerprint density at radius 3 is 2.78 bits per heavy atom. The van der Waals surface area contributed by atoms with Gasteiger partial charge in [0.15, 0.2) is 5.82 Å². The molecule has 94 valence electrons. The minimum atomic E-state index is 0.454. The molecule has 0 fully saturated rings. The van der Waals surface area contributed by atoms with Crippen molar-refractivity contribution >= 4 is 5.82 Å². The van der Waals surface area contributed by atoms with Crippen LogP contribution in [0.25, 0.3) is 11.5 Å². The quantitative estimate of drug-likeness (QED) is 0.891. The Balaban J connectivity index is 2.46. The lowest BCUT2D eigenvalue weighted by molar-refractivity contribution is 0.181. The van der Waals surface area contributed by atoms with Gasteiger partial charge >= 0.3 is 0 Å². The van der Waals surface area contributed by atoms with E-state index < -0.39 is 0 Å². The first-order chi connectivity index (χ1) is 8.72. The summed E-state index contributed by atoms with van der Waals surface area (Å²) in [5.41, 5.74) is 2.73. The number of nitrogens with zero attached hydrogens (tertiary/aromatic N) is 3. The first-order valence-electron chi connectivity index (χ1n) is 5.70. The van der Waals surface area contributed by atoms with Crippen LogP contribution in [0.4, 0.5) is 5.82 Å². The van der Waals surface area contributed by atoms with Crippen LogP contribution in [0.5, 0.6) is 0 Å². The number of hydrogen-bond acceptors (Lipinski definition) is 5. The van der Waals surface area contributed by atoms with Crippen molar-refractivity contribution in [2.75, 3.05) is 19.5 Å². The molecule has 0 aliphatic heterocycles. The van der Waals surface area contributed by atoms with Gasteiger partial charge in [-0.3, -0.25) is 4.98 Å². The molecule has 0 radical (unpaired) electrons. The molecular formula is C13H16N4O. The second-order valence-electron chi connectivity index (χ2n) is 3.97. The SMILES string of the molecule is CNc1cc(COC)nc(-c2cc(C)ccn2)n1. The predicted molar refractivity (Wildman–Crippen MR) is 70.3 cm³/mol. The van der Waals surface area contributed by atoms with E-state index >= 15 is 0 Å². The minimum Gasteiger partial charge on any atom is -0.378 e. The lowest BCUT2D eigenvalue weighted by Crippen LogP contribution is -2.02. The second-order valence-corrected chi connectivity index (χ2v) is 3.97. The molecule has 0 aliphatic carbocycles. The summed E-state index contributed by atoms with van der Waals surface area (Å²) in [7, 11) is 3.47. The molecule has 0 unspecified atom stereocenters. The summed E-state index contributed by atoms with van der Waals surface area (Å²) in [6.45, 7) is 2.47. The van der Waals surface area contributed by atoms with Crippen molar-refractivity contribution in [3.05, 3.63) is 35.7 Å². The number of hydrogen-bond donors (Lipinski definition) is 1. The smallest absolute Gasteiger partial charge is 0.180 e. The Labute approximate surface area is 106 Å². The number of aryl methyl sites for hydroxylation is 1. The van der Waals surface area contributed by atoms with Crippen LogP contribution in [0.2, 0.25) is 0 Å². The number of aromatic nitrogens is 3. The topological polar surface area (TPSA) is 59.9 Å². The third kappa shape index (κ3) is 2.81. The number of anilines is 1. The highest BCUT2D eigenvalue weighted by Gasteiger charge is 2.07. The monoisotopic (exact) mass is 244 g/mol. The van der Waals surface area contributed by atoms with Gasteiger partial charge in [-0.1, -0.05) is 0 Å². The molecule has 5 heteroatoms. The van der Waals surface area contributed by atoms with Gasteiger partial charge < -0.3 is 10.1 Å². The maximum atomic E-state index is 5.10. The van der Waals surface area contributed by atoms with Crippen LogP contribution in [-0.4, -0.2) is 29.1 Å². The van der Waals surface area contributed by atoms with E-state index in [1.54, 1.807) is 13.3 Å². The predicted octanol–water partition coefficient (Wildman–Crippen LogP) is 2.04. The van der Waals surface area contributed by atoms with Crippen LogP contribution in [0.3, 0.4) is 0 Å². The lowest BCUT2D eigenvalue weighted by atomic mass is 10.2. The summed E-state index contributed by atoms with van der Waals surface area (Å²) in [6, 6.07) is 5.77. The van der Waals surface area contributed by atoms with Crippen LogP contribution >= 0.6 is 0 Å². The Hall–Kier alpha value is -2.01. The summed E-state index contributed by atoms with van der Waals surface area (Å²) < 4.78 is 5.10. The molecule has 0 saturated carbocycles. The zero-order valence-corrected chi connectivity index (χ0v) is 10.8. The molecule has 1 N–H and O–H groups in total. The van der Waals surface area contributed by atoms with Crippen molar-refractivity contribution in [3.8, 4) is 11.5 Å². The van der Waals surface area contributed by atoms with E-state index in [4.69, 9.17) is 4.74 Å². The van der Waals surface area contributed by atoms with Gasteiger partial charge in [0.1, 0.15) is 11.5 Å². The summed E-state index contributed by atoms with van der Waals surface area (Å²) >= 11 is 0. The summed E-state index contributed by atoms with van der Waals surface area (Å²) in [5.74, 6) is 1.37. The van der Waals surface area contributed by atoms with Crippen molar-refractivity contribution in [2.24, 2.45) is 0 Å². The standard InChI is InChI=1S/C13H16N4O/c1-9-4-5-15-11(6-9)13-16-10(8-18-3)7-12(14-2)17-13/h4-7H,8H2,1-3H3,(H,14,16,17). The maximum Gasteiger partial charge on any atom is 0.180 e. The minimum absolute atomic E-state index is 0.454. The summed E-state index contributed by atoms with van der Waals surface area (Å²) in [4.78, 5) is 13.1. The first kappa shape index (κ1) is 12.4. The van der Waals surface area contributed by atoms with Gasteiger partial charge in [-0.15, -0.1) is 0 Å². The van der Waals surface area contributed by atoms with Gasteiger partial charge in [-0.05, 0) is 24.6 Å². The molecule has 0 saturated heterocycles. The Morgan fingerprint density at radius 2 is 2.11 bits per heavy atom. The van der Waals surface area contributed by atoms with Crippen molar-refractivity contribution < 1.29 is 4.74 Å². The van der Waals surface area contributed by atoms with Gasteiger partial charge in [-0.25, -0.2) is 9.97 Å². The van der Waals surface area contributed by atoms with E-state index in [0.717, 1.165) is 22.8 Å². The molecule has 5 nitrogen and oxygen atoms in total. The number of rotatable bonds is 4. The number of nitrogens with one attached hydrogen (secondary N) is 1. The van der Waals surface area contributed by atoms with Crippen molar-refractivity contribution in [1.82, 2.24) is 15.0 Å². The third-order valence-electron chi connectivity index (χ3n) is 2.47. The second kappa shape index (κ2) is 5.55.